The molecule has 2 rings (SSSR count). The standard InChI is InChI=1S/C16H11Cl3N2OS/c17-11-5-2-1-4-10(11)8-9-14(22)21-16(23)20-13-7-3-6-12(18)15(13)19/h1-9H,(H2,20,21,22,23). The molecule has 23 heavy (non-hydrogen) atoms. The van der Waals surface area contributed by atoms with Gasteiger partial charge in [0.1, 0.15) is 0 Å². The van der Waals surface area contributed by atoms with Crippen molar-refractivity contribution >= 4 is 69.8 Å². The van der Waals surface area contributed by atoms with Crippen LogP contribution in [-0.4, -0.2) is 11.0 Å². The zero-order chi connectivity index (χ0) is 16.8. The molecule has 2 aromatic carbocycles. The molecule has 0 aliphatic rings. The van der Waals surface area contributed by atoms with Crippen LogP contribution in [0.1, 0.15) is 5.56 Å². The second kappa shape index (κ2) is 8.31. The first-order valence-electron chi connectivity index (χ1n) is 6.46. The number of carbonyl (C=O) groups is 1. The number of halogens is 3. The van der Waals surface area contributed by atoms with Gasteiger partial charge >= 0.3 is 0 Å². The molecule has 3 nitrogen and oxygen atoms in total. The van der Waals surface area contributed by atoms with E-state index in [0.717, 1.165) is 5.56 Å². The molecule has 0 saturated carbocycles. The fourth-order valence-electron chi connectivity index (χ4n) is 1.68. The summed E-state index contributed by atoms with van der Waals surface area (Å²) in [6.45, 7) is 0. The Hall–Kier alpha value is -1.59. The molecule has 7 heteroatoms. The highest BCUT2D eigenvalue weighted by atomic mass is 35.5. The average Bonchev–Trinajstić information content (AvgIpc) is 2.51. The molecule has 0 aromatic heterocycles. The number of thiocarbonyl (C=S) groups is 1. The summed E-state index contributed by atoms with van der Waals surface area (Å²) < 4.78 is 0. The summed E-state index contributed by atoms with van der Waals surface area (Å²) in [5.74, 6) is -0.388. The third kappa shape index (κ3) is 5.22. The van der Waals surface area contributed by atoms with Crippen molar-refractivity contribution in [2.45, 2.75) is 0 Å². The Kier molecular flexibility index (Phi) is 6.42. The molecular weight excluding hydrogens is 375 g/mol. The summed E-state index contributed by atoms with van der Waals surface area (Å²) in [6, 6.07) is 12.3. The molecule has 2 N–H and O–H groups in total. The minimum atomic E-state index is -0.388. The van der Waals surface area contributed by atoms with Crippen LogP contribution >= 0.6 is 47.0 Å². The van der Waals surface area contributed by atoms with E-state index < -0.39 is 0 Å². The second-order valence-corrected chi connectivity index (χ2v) is 6.00. The van der Waals surface area contributed by atoms with Gasteiger partial charge in [0.25, 0.3) is 0 Å². The van der Waals surface area contributed by atoms with Gasteiger partial charge in [-0.05, 0) is 42.1 Å². The van der Waals surface area contributed by atoms with Gasteiger partial charge in [0, 0.05) is 11.1 Å². The van der Waals surface area contributed by atoms with Crippen LogP contribution in [0.2, 0.25) is 15.1 Å². The molecule has 0 fully saturated rings. The molecule has 0 aliphatic heterocycles. The predicted molar refractivity (Wildman–Crippen MR) is 101 cm³/mol. The van der Waals surface area contributed by atoms with Crippen molar-refractivity contribution < 1.29 is 4.79 Å². The lowest BCUT2D eigenvalue weighted by Crippen LogP contribution is -2.32. The summed E-state index contributed by atoms with van der Waals surface area (Å²) in [5.41, 5.74) is 1.25. The summed E-state index contributed by atoms with van der Waals surface area (Å²) >= 11 is 23.0. The van der Waals surface area contributed by atoms with Crippen LogP contribution in [0.15, 0.2) is 48.5 Å². The SMILES string of the molecule is O=C(C=Cc1ccccc1Cl)NC(=S)Nc1cccc(Cl)c1Cl. The molecule has 0 spiro atoms. The average molecular weight is 386 g/mol. The molecule has 0 heterocycles. The lowest BCUT2D eigenvalue weighted by atomic mass is 10.2. The van der Waals surface area contributed by atoms with E-state index in [1.165, 1.54) is 6.08 Å². The Morgan fingerprint density at radius 1 is 1.00 bits per heavy atom. The van der Waals surface area contributed by atoms with Gasteiger partial charge in [-0.3, -0.25) is 10.1 Å². The van der Waals surface area contributed by atoms with Gasteiger partial charge in [-0.25, -0.2) is 0 Å². The minimum absolute atomic E-state index is 0.114. The molecule has 0 bridgehead atoms. The molecule has 0 aliphatic carbocycles. The summed E-state index contributed by atoms with van der Waals surface area (Å²) in [4.78, 5) is 11.9. The number of hydrogen-bond donors (Lipinski definition) is 2. The lowest BCUT2D eigenvalue weighted by Gasteiger charge is -2.10. The van der Waals surface area contributed by atoms with Gasteiger partial charge in [-0.2, -0.15) is 0 Å². The first kappa shape index (κ1) is 17.8. The van der Waals surface area contributed by atoms with Crippen molar-refractivity contribution in [2.75, 3.05) is 5.32 Å². The highest BCUT2D eigenvalue weighted by molar-refractivity contribution is 7.80. The maximum absolute atomic E-state index is 11.9. The Balaban J connectivity index is 1.96. The lowest BCUT2D eigenvalue weighted by molar-refractivity contribution is -0.115. The first-order valence-corrected chi connectivity index (χ1v) is 8.00. The normalized spacial score (nSPS) is 10.6. The summed E-state index contributed by atoms with van der Waals surface area (Å²) in [6.07, 6.45) is 2.95. The number of nitrogens with one attached hydrogen (secondary N) is 2. The summed E-state index contributed by atoms with van der Waals surface area (Å²) in [5, 5.41) is 6.73. The van der Waals surface area contributed by atoms with Crippen LogP contribution < -0.4 is 10.6 Å². The maximum atomic E-state index is 11.9. The van der Waals surface area contributed by atoms with Crippen molar-refractivity contribution in [2.24, 2.45) is 0 Å². The molecule has 0 unspecified atom stereocenters. The Morgan fingerprint density at radius 2 is 1.70 bits per heavy atom. The van der Waals surface area contributed by atoms with Crippen LogP contribution in [-0.2, 0) is 4.79 Å². The van der Waals surface area contributed by atoms with Crippen LogP contribution in [0.5, 0.6) is 0 Å². The van der Waals surface area contributed by atoms with Gasteiger partial charge in [0.2, 0.25) is 5.91 Å². The van der Waals surface area contributed by atoms with E-state index in [1.54, 1.807) is 36.4 Å². The molecule has 1 amide bonds. The number of rotatable bonds is 3. The Labute approximate surface area is 154 Å². The van der Waals surface area contributed by atoms with E-state index in [1.807, 2.05) is 12.1 Å². The van der Waals surface area contributed by atoms with Crippen LogP contribution in [0.25, 0.3) is 6.08 Å². The highest BCUT2D eigenvalue weighted by Gasteiger charge is 2.07. The number of benzene rings is 2. The van der Waals surface area contributed by atoms with Gasteiger partial charge in [0.05, 0.1) is 15.7 Å². The van der Waals surface area contributed by atoms with E-state index in [-0.39, 0.29) is 11.0 Å². The van der Waals surface area contributed by atoms with Crippen LogP contribution in [0.4, 0.5) is 5.69 Å². The minimum Gasteiger partial charge on any atom is -0.331 e. The molecule has 2 aromatic rings. The number of carbonyl (C=O) groups excluding carboxylic acids is 1. The Bertz CT molecular complexity index is 778. The van der Waals surface area contributed by atoms with Gasteiger partial charge in [-0.1, -0.05) is 59.1 Å². The fourth-order valence-corrected chi connectivity index (χ4v) is 2.44. The molecular formula is C16H11Cl3N2OS. The van der Waals surface area contributed by atoms with E-state index in [2.05, 4.69) is 10.6 Å². The van der Waals surface area contributed by atoms with Crippen molar-refractivity contribution in [3.8, 4) is 0 Å². The highest BCUT2D eigenvalue weighted by Crippen LogP contribution is 2.29. The Morgan fingerprint density at radius 3 is 2.43 bits per heavy atom. The zero-order valence-corrected chi connectivity index (χ0v) is 14.7. The molecule has 0 radical (unpaired) electrons. The van der Waals surface area contributed by atoms with Gasteiger partial charge in [-0.15, -0.1) is 0 Å². The fraction of sp³-hybridized carbons (Fsp3) is 0. The molecule has 118 valence electrons. The number of anilines is 1. The van der Waals surface area contributed by atoms with Crippen molar-refractivity contribution in [3.63, 3.8) is 0 Å². The third-order valence-corrected chi connectivity index (χ3v) is 4.12. The third-order valence-electron chi connectivity index (χ3n) is 2.76. The van der Waals surface area contributed by atoms with Gasteiger partial charge < -0.3 is 5.32 Å². The van der Waals surface area contributed by atoms with Crippen LogP contribution in [0.3, 0.4) is 0 Å². The smallest absolute Gasteiger partial charge is 0.250 e. The topological polar surface area (TPSA) is 41.1 Å². The predicted octanol–water partition coefficient (Wildman–Crippen LogP) is 5.17. The second-order valence-electron chi connectivity index (χ2n) is 4.40. The monoisotopic (exact) mass is 384 g/mol. The van der Waals surface area contributed by atoms with Crippen LogP contribution in [0, 0.1) is 0 Å². The maximum Gasteiger partial charge on any atom is 0.250 e. The number of hydrogen-bond acceptors (Lipinski definition) is 2. The number of amides is 1. The van der Waals surface area contributed by atoms with Crippen molar-refractivity contribution in [3.05, 3.63) is 69.2 Å². The van der Waals surface area contributed by atoms with E-state index in [4.69, 9.17) is 47.0 Å². The first-order chi connectivity index (χ1) is 11.0. The molecule has 0 saturated heterocycles. The van der Waals surface area contributed by atoms with Crippen molar-refractivity contribution in [1.82, 2.24) is 5.32 Å². The molecule has 0 atom stereocenters. The summed E-state index contributed by atoms with van der Waals surface area (Å²) in [7, 11) is 0. The van der Waals surface area contributed by atoms with Crippen molar-refractivity contribution in [1.29, 1.82) is 0 Å². The van der Waals surface area contributed by atoms with E-state index in [9.17, 15) is 4.79 Å². The zero-order valence-electron chi connectivity index (χ0n) is 11.6. The van der Waals surface area contributed by atoms with E-state index >= 15 is 0 Å². The quantitative estimate of drug-likeness (QED) is 0.565. The van der Waals surface area contributed by atoms with E-state index in [0.29, 0.717) is 20.8 Å². The largest absolute Gasteiger partial charge is 0.331 e. The van der Waals surface area contributed by atoms with Gasteiger partial charge in [0.15, 0.2) is 5.11 Å².